The fourth-order valence-electron chi connectivity index (χ4n) is 3.11. The van der Waals surface area contributed by atoms with E-state index >= 15 is 0 Å². The topological polar surface area (TPSA) is 309 Å². The Morgan fingerprint density at radius 1 is 0.561 bits per heavy atom. The van der Waals surface area contributed by atoms with Gasteiger partial charge in [0, 0.05) is 72.7 Å². The Kier molecular flexibility index (Phi) is 26.5. The summed E-state index contributed by atoms with van der Waals surface area (Å²) in [7, 11) is 1.57. The van der Waals surface area contributed by atoms with Crippen LogP contribution in [0.3, 0.4) is 0 Å². The van der Waals surface area contributed by atoms with Crippen molar-refractivity contribution in [2.75, 3.05) is 79.1 Å². The smallest absolute Gasteiger partial charge is 0.317 e. The number of hydrogen-bond donors (Lipinski definition) is 11. The minimum atomic E-state index is -1.55. The van der Waals surface area contributed by atoms with Crippen molar-refractivity contribution in [3.8, 4) is 0 Å². The molecule has 0 aliphatic heterocycles. The second kappa shape index (κ2) is 24.9. The van der Waals surface area contributed by atoms with Gasteiger partial charge >= 0.3 is 29.8 Å². The summed E-state index contributed by atoms with van der Waals surface area (Å²) in [6, 6.07) is 0. The van der Waals surface area contributed by atoms with Crippen LogP contribution in [0.1, 0.15) is 0 Å². The second-order valence-corrected chi connectivity index (χ2v) is 8.52. The van der Waals surface area contributed by atoms with Gasteiger partial charge in [-0.15, -0.1) is 0 Å². The molecule has 11 N–H and O–H groups in total. The summed E-state index contributed by atoms with van der Waals surface area (Å²) in [5.41, 5.74) is 0. The van der Waals surface area contributed by atoms with E-state index in [9.17, 15) is 29.1 Å². The molecule has 19 nitrogen and oxygen atoms in total. The van der Waals surface area contributed by atoms with Crippen molar-refractivity contribution in [2.24, 2.45) is 0 Å². The molecule has 0 aromatic carbocycles. The maximum Gasteiger partial charge on any atom is 0.317 e. The molecule has 0 unspecified atom stereocenters. The van der Waals surface area contributed by atoms with Crippen LogP contribution >= 0.6 is 0 Å². The van der Waals surface area contributed by atoms with E-state index in [0.717, 1.165) is 9.80 Å². The first-order chi connectivity index (χ1) is 18.5. The molecule has 0 saturated carbocycles. The summed E-state index contributed by atoms with van der Waals surface area (Å²) in [5, 5.41) is 91.6. The zero-order valence-corrected chi connectivity index (χ0v) is 24.6. The minimum absolute atomic E-state index is 0. The van der Waals surface area contributed by atoms with E-state index in [2.05, 4.69) is 5.32 Å². The van der Waals surface area contributed by atoms with Gasteiger partial charge < -0.3 is 56.4 Å². The molecule has 41 heavy (non-hydrogen) atoms. The fourth-order valence-corrected chi connectivity index (χ4v) is 3.11. The van der Waals surface area contributed by atoms with Gasteiger partial charge in [-0.3, -0.25) is 38.7 Å². The molecule has 0 bridgehead atoms. The van der Waals surface area contributed by atoms with Crippen molar-refractivity contribution < 1.29 is 115 Å². The number of carboxylic acid groups (broad SMARTS) is 5. The van der Waals surface area contributed by atoms with Crippen LogP contribution in [0.4, 0.5) is 0 Å². The molecule has 0 fully saturated rings. The summed E-state index contributed by atoms with van der Waals surface area (Å²) in [5.74, 6) is -6.16. The molecule has 0 heterocycles. The SMILES string of the molecule is CNC[C@@H](O)[C@H](O)[C@H](O)[C@@H](O)CO.O=C(O)CN(CCN(CC(=O)O)CC(=O)O)CCN(CC(=O)O)CC(=O)O.[Gd]. The quantitative estimate of drug-likeness (QED) is 0.0491. The molecule has 0 aliphatic carbocycles. The van der Waals surface area contributed by atoms with Crippen molar-refractivity contribution in [3.63, 3.8) is 0 Å². The predicted molar refractivity (Wildman–Crippen MR) is 133 cm³/mol. The van der Waals surface area contributed by atoms with Gasteiger partial charge in [-0.1, -0.05) is 0 Å². The van der Waals surface area contributed by atoms with Crippen LogP contribution in [0.5, 0.6) is 0 Å². The Bertz CT molecular complexity index is 722. The van der Waals surface area contributed by atoms with Crippen molar-refractivity contribution >= 4 is 29.8 Å². The average molecular weight is 746 g/mol. The van der Waals surface area contributed by atoms with Gasteiger partial charge in [-0.2, -0.15) is 0 Å². The third-order valence-corrected chi connectivity index (χ3v) is 5.00. The molecule has 0 amide bonds. The first kappa shape index (κ1) is 43.8. The van der Waals surface area contributed by atoms with Crippen LogP contribution < -0.4 is 5.32 Å². The van der Waals surface area contributed by atoms with E-state index in [4.69, 9.17) is 46.0 Å². The summed E-state index contributed by atoms with van der Waals surface area (Å²) in [6.07, 6.45) is -5.65. The molecule has 242 valence electrons. The van der Waals surface area contributed by atoms with E-state index in [1.165, 1.54) is 4.90 Å². The van der Waals surface area contributed by atoms with E-state index < -0.39 is 93.6 Å². The summed E-state index contributed by atoms with van der Waals surface area (Å²) in [6.45, 7) is -3.30. The van der Waals surface area contributed by atoms with E-state index in [0.29, 0.717) is 0 Å². The summed E-state index contributed by atoms with van der Waals surface area (Å²) >= 11 is 0. The van der Waals surface area contributed by atoms with Crippen molar-refractivity contribution in [2.45, 2.75) is 24.4 Å². The second-order valence-electron chi connectivity index (χ2n) is 8.52. The molecular weight excluding hydrogens is 705 g/mol. The number of nitrogens with zero attached hydrogens (tertiary/aromatic N) is 3. The van der Waals surface area contributed by atoms with Crippen molar-refractivity contribution in [3.05, 3.63) is 0 Å². The molecule has 4 atom stereocenters. The number of rotatable bonds is 22. The first-order valence-electron chi connectivity index (χ1n) is 11.8. The normalized spacial score (nSPS) is 13.9. The Labute approximate surface area is 267 Å². The number of nitrogens with one attached hydrogen (secondary N) is 1. The van der Waals surface area contributed by atoms with E-state index in [1.807, 2.05) is 0 Å². The minimum Gasteiger partial charge on any atom is -0.480 e. The van der Waals surface area contributed by atoms with E-state index in [-0.39, 0.29) is 72.7 Å². The van der Waals surface area contributed by atoms with Gasteiger partial charge in [0.15, 0.2) is 0 Å². The number of likely N-dealkylation sites (N-methyl/N-ethyl adjacent to an activating group) is 1. The fraction of sp³-hybridized carbons (Fsp3) is 0.762. The standard InChI is InChI=1S/C14H23N3O10.C7H17NO5.Gd/c18-10(19)5-15(1-3-16(6-11(20)21)7-12(22)23)2-4-17(8-13(24)25)9-14(26)27;1-8-2-4(10)6(12)7(13)5(11)3-9;/h1-9H2,(H,18,19)(H,20,21)(H,22,23)(H,24,25)(H,26,27);4-13H,2-3H2,1H3;/t;4-,5+,6+,7-;/m.1./s1. The molecule has 0 aliphatic rings. The molecule has 0 spiro atoms. The van der Waals surface area contributed by atoms with Gasteiger partial charge in [0.2, 0.25) is 0 Å². The van der Waals surface area contributed by atoms with Gasteiger partial charge in [0.05, 0.1) is 45.4 Å². The van der Waals surface area contributed by atoms with Crippen LogP contribution in [0.15, 0.2) is 0 Å². The van der Waals surface area contributed by atoms with Crippen molar-refractivity contribution in [1.82, 2.24) is 20.0 Å². The first-order valence-corrected chi connectivity index (χ1v) is 11.8. The molecule has 0 aromatic rings. The number of aliphatic hydroxyl groups excluding tert-OH is 5. The number of aliphatic carboxylic acids is 5. The van der Waals surface area contributed by atoms with Gasteiger partial charge in [-0.05, 0) is 7.05 Å². The molecule has 0 radical (unpaired) electrons. The summed E-state index contributed by atoms with van der Waals surface area (Å²) < 4.78 is 0. The Hall–Kier alpha value is -1.69. The van der Waals surface area contributed by atoms with Crippen LogP contribution in [0.25, 0.3) is 0 Å². The molecule has 0 rings (SSSR count). The van der Waals surface area contributed by atoms with Crippen LogP contribution in [0.2, 0.25) is 0 Å². The number of carboxylic acids is 5. The Morgan fingerprint density at radius 3 is 1.10 bits per heavy atom. The monoisotopic (exact) mass is 746 g/mol. The molecule has 20 heteroatoms. The van der Waals surface area contributed by atoms with E-state index in [1.54, 1.807) is 7.05 Å². The molecule has 0 saturated heterocycles. The largest absolute Gasteiger partial charge is 0.480 e. The molecular formula is C21H40GdN4O15. The zero-order valence-electron chi connectivity index (χ0n) is 22.3. The van der Waals surface area contributed by atoms with Crippen molar-refractivity contribution in [1.29, 1.82) is 0 Å². The van der Waals surface area contributed by atoms with Gasteiger partial charge in [0.25, 0.3) is 0 Å². The maximum absolute atomic E-state index is 11.0. The van der Waals surface area contributed by atoms with Crippen LogP contribution in [0, 0.1) is 39.9 Å². The van der Waals surface area contributed by atoms with Crippen LogP contribution in [-0.2, 0) is 24.0 Å². The van der Waals surface area contributed by atoms with Gasteiger partial charge in [0.1, 0.15) is 18.3 Å². The Balaban J connectivity index is -0.000000869. The number of carbonyl (C=O) groups is 5. The zero-order chi connectivity index (χ0) is 31.4. The number of hydrogen-bond acceptors (Lipinski definition) is 14. The average Bonchev–Trinajstić information content (AvgIpc) is 2.82. The number of aliphatic hydroxyl groups is 5. The van der Waals surface area contributed by atoms with Crippen LogP contribution in [-0.4, -0.2) is 199 Å². The molecule has 0 aromatic heterocycles. The third-order valence-electron chi connectivity index (χ3n) is 5.00. The summed E-state index contributed by atoms with van der Waals surface area (Å²) in [4.78, 5) is 57.6. The third kappa shape index (κ3) is 24.6. The predicted octanol–water partition coefficient (Wildman–Crippen LogP) is -6.04. The Morgan fingerprint density at radius 2 is 0.829 bits per heavy atom. The maximum atomic E-state index is 11.0. The van der Waals surface area contributed by atoms with Gasteiger partial charge in [-0.25, -0.2) is 0 Å².